The Balaban J connectivity index is 2.42. The molecule has 0 aliphatic heterocycles. The Morgan fingerprint density at radius 3 is 2.69 bits per heavy atom. The molecule has 0 fully saturated rings. The van der Waals surface area contributed by atoms with Crippen LogP contribution in [0.15, 0.2) is 40.7 Å². The summed E-state index contributed by atoms with van der Waals surface area (Å²) in [7, 11) is 1.67. The number of carbonyl (C=O) groups is 1. The zero-order valence-electron chi connectivity index (χ0n) is 9.46. The van der Waals surface area contributed by atoms with E-state index >= 15 is 0 Å². The van der Waals surface area contributed by atoms with Gasteiger partial charge >= 0.3 is 5.97 Å². The van der Waals surface area contributed by atoms with Crippen molar-refractivity contribution >= 4 is 11.7 Å². The van der Waals surface area contributed by atoms with Gasteiger partial charge < -0.3 is 4.74 Å². The van der Waals surface area contributed by atoms with Gasteiger partial charge in [-0.25, -0.2) is 0 Å². The molecule has 0 spiro atoms. The van der Waals surface area contributed by atoms with Crippen molar-refractivity contribution in [2.75, 3.05) is 20.2 Å². The Bertz CT molecular complexity index is 352. The zero-order chi connectivity index (χ0) is 11.8. The van der Waals surface area contributed by atoms with E-state index in [0.717, 1.165) is 5.69 Å². The molecule has 0 atom stereocenters. The van der Waals surface area contributed by atoms with Gasteiger partial charge in [0.2, 0.25) is 0 Å². The lowest BCUT2D eigenvalue weighted by Gasteiger charge is -2.09. The Morgan fingerprint density at radius 1 is 1.38 bits per heavy atom. The summed E-state index contributed by atoms with van der Waals surface area (Å²) >= 11 is 0. The van der Waals surface area contributed by atoms with Gasteiger partial charge in [-0.1, -0.05) is 23.4 Å². The summed E-state index contributed by atoms with van der Waals surface area (Å²) in [5, 5.41) is 9.27. The second kappa shape index (κ2) is 6.55. The Morgan fingerprint density at radius 2 is 2.06 bits per heavy atom. The third kappa shape index (κ3) is 4.54. The van der Waals surface area contributed by atoms with Crippen LogP contribution in [0.1, 0.15) is 6.92 Å². The maximum atomic E-state index is 11.1. The van der Waals surface area contributed by atoms with Gasteiger partial charge in [0.15, 0.2) is 0 Å². The van der Waals surface area contributed by atoms with Crippen LogP contribution in [0.3, 0.4) is 0 Å². The van der Waals surface area contributed by atoms with Crippen LogP contribution in [0, 0.1) is 0 Å². The Kier molecular flexibility index (Phi) is 4.98. The van der Waals surface area contributed by atoms with Crippen molar-refractivity contribution in [3.8, 4) is 0 Å². The van der Waals surface area contributed by atoms with Gasteiger partial charge in [0.05, 0.1) is 12.3 Å². The van der Waals surface area contributed by atoms with Crippen molar-refractivity contribution in [2.45, 2.75) is 6.92 Å². The summed E-state index contributed by atoms with van der Waals surface area (Å²) in [5.74, 6) is -0.308. The van der Waals surface area contributed by atoms with Crippen molar-refractivity contribution in [2.24, 2.45) is 10.3 Å². The topological polar surface area (TPSA) is 54.3 Å². The zero-order valence-corrected chi connectivity index (χ0v) is 9.46. The van der Waals surface area contributed by atoms with Crippen molar-refractivity contribution in [3.63, 3.8) is 0 Å². The van der Waals surface area contributed by atoms with Crippen LogP contribution in [0.5, 0.6) is 0 Å². The molecule has 5 nitrogen and oxygen atoms in total. The maximum absolute atomic E-state index is 11.1. The molecule has 0 unspecified atom stereocenters. The lowest BCUT2D eigenvalue weighted by Crippen LogP contribution is -2.22. The van der Waals surface area contributed by atoms with Crippen LogP contribution in [0.25, 0.3) is 0 Å². The monoisotopic (exact) mass is 221 g/mol. The summed E-state index contributed by atoms with van der Waals surface area (Å²) in [6, 6.07) is 9.32. The second-order valence-electron chi connectivity index (χ2n) is 3.15. The molecule has 1 aromatic carbocycles. The first-order valence-corrected chi connectivity index (χ1v) is 5.06. The van der Waals surface area contributed by atoms with Gasteiger partial charge in [-0.05, 0) is 19.1 Å². The lowest BCUT2D eigenvalue weighted by molar-refractivity contribution is -0.144. The van der Waals surface area contributed by atoms with E-state index in [1.165, 1.54) is 5.01 Å². The average molecular weight is 221 g/mol. The van der Waals surface area contributed by atoms with E-state index < -0.39 is 0 Å². The van der Waals surface area contributed by atoms with Crippen molar-refractivity contribution < 1.29 is 9.53 Å². The van der Waals surface area contributed by atoms with Crippen LogP contribution >= 0.6 is 0 Å². The summed E-state index contributed by atoms with van der Waals surface area (Å²) in [4.78, 5) is 11.1. The Hall–Kier alpha value is -1.91. The summed E-state index contributed by atoms with van der Waals surface area (Å²) in [6.07, 6.45) is 0. The molecular weight excluding hydrogens is 206 g/mol. The molecule has 0 saturated carbocycles. The number of likely N-dealkylation sites (N-methyl/N-ethyl adjacent to an activating group) is 1. The molecule has 0 aliphatic rings. The normalized spacial score (nSPS) is 10.4. The molecule has 0 amide bonds. The van der Waals surface area contributed by atoms with E-state index in [4.69, 9.17) is 4.74 Å². The van der Waals surface area contributed by atoms with Crippen LogP contribution < -0.4 is 0 Å². The van der Waals surface area contributed by atoms with Gasteiger partial charge in [0, 0.05) is 7.05 Å². The SMILES string of the molecule is CCOC(=O)CN(C)N=Nc1ccccc1. The van der Waals surface area contributed by atoms with Crippen LogP contribution in [-0.2, 0) is 9.53 Å². The minimum Gasteiger partial charge on any atom is -0.465 e. The van der Waals surface area contributed by atoms with Crippen molar-refractivity contribution in [3.05, 3.63) is 30.3 Å². The highest BCUT2D eigenvalue weighted by Crippen LogP contribution is 2.10. The van der Waals surface area contributed by atoms with E-state index in [9.17, 15) is 4.79 Å². The molecule has 0 saturated heterocycles. The fraction of sp³-hybridized carbons (Fsp3) is 0.364. The summed E-state index contributed by atoms with van der Waals surface area (Å²) in [5.41, 5.74) is 0.748. The standard InChI is InChI=1S/C11H15N3O2/c1-3-16-11(15)9-14(2)13-12-10-7-5-4-6-8-10/h4-8H,3,9H2,1-2H3. The molecule has 5 heteroatoms. The first-order chi connectivity index (χ1) is 7.72. The fourth-order valence-corrected chi connectivity index (χ4v) is 1.05. The molecule has 1 rings (SSSR count). The predicted molar refractivity (Wildman–Crippen MR) is 60.2 cm³/mol. The van der Waals surface area contributed by atoms with E-state index in [0.29, 0.717) is 6.61 Å². The number of benzene rings is 1. The molecule has 0 aromatic heterocycles. The molecule has 86 valence electrons. The minimum atomic E-state index is -0.308. The summed E-state index contributed by atoms with van der Waals surface area (Å²) < 4.78 is 4.78. The molecule has 0 heterocycles. The first kappa shape index (κ1) is 12.2. The number of rotatable bonds is 5. The van der Waals surface area contributed by atoms with Gasteiger partial charge in [0.25, 0.3) is 0 Å². The van der Waals surface area contributed by atoms with E-state index in [2.05, 4.69) is 10.3 Å². The lowest BCUT2D eigenvalue weighted by atomic mass is 10.3. The molecule has 0 radical (unpaired) electrons. The van der Waals surface area contributed by atoms with Gasteiger partial charge in [-0.15, -0.1) is 5.11 Å². The highest BCUT2D eigenvalue weighted by Gasteiger charge is 2.04. The maximum Gasteiger partial charge on any atom is 0.327 e. The number of esters is 1. The molecule has 0 N–H and O–H groups in total. The van der Waals surface area contributed by atoms with Crippen molar-refractivity contribution in [1.82, 2.24) is 5.01 Å². The number of ether oxygens (including phenoxy) is 1. The first-order valence-electron chi connectivity index (χ1n) is 5.06. The molecular formula is C11H15N3O2. The minimum absolute atomic E-state index is 0.101. The van der Waals surface area contributed by atoms with E-state index in [-0.39, 0.29) is 12.5 Å². The number of hydrogen-bond acceptors (Lipinski definition) is 4. The quantitative estimate of drug-likeness (QED) is 0.435. The van der Waals surface area contributed by atoms with Gasteiger partial charge in [-0.3, -0.25) is 9.80 Å². The molecule has 1 aromatic rings. The third-order valence-electron chi connectivity index (χ3n) is 1.73. The van der Waals surface area contributed by atoms with E-state index in [1.807, 2.05) is 30.3 Å². The molecule has 0 aliphatic carbocycles. The van der Waals surface area contributed by atoms with Crippen LogP contribution in [-0.4, -0.2) is 31.2 Å². The smallest absolute Gasteiger partial charge is 0.327 e. The predicted octanol–water partition coefficient (Wildman–Crippen LogP) is 2.18. The average Bonchev–Trinajstić information content (AvgIpc) is 2.28. The largest absolute Gasteiger partial charge is 0.465 e. The molecule has 16 heavy (non-hydrogen) atoms. The van der Waals surface area contributed by atoms with Crippen LogP contribution in [0.4, 0.5) is 5.69 Å². The Labute approximate surface area is 94.7 Å². The van der Waals surface area contributed by atoms with Crippen molar-refractivity contribution in [1.29, 1.82) is 0 Å². The van der Waals surface area contributed by atoms with Gasteiger partial charge in [0.1, 0.15) is 6.54 Å². The number of hydrogen-bond donors (Lipinski definition) is 0. The fourth-order valence-electron chi connectivity index (χ4n) is 1.05. The second-order valence-corrected chi connectivity index (χ2v) is 3.15. The highest BCUT2D eigenvalue weighted by atomic mass is 16.5. The third-order valence-corrected chi connectivity index (χ3v) is 1.73. The molecule has 0 bridgehead atoms. The van der Waals surface area contributed by atoms with Crippen LogP contribution in [0.2, 0.25) is 0 Å². The highest BCUT2D eigenvalue weighted by molar-refractivity contribution is 5.71. The summed E-state index contributed by atoms with van der Waals surface area (Å²) in [6.45, 7) is 2.25. The number of nitrogens with zero attached hydrogens (tertiary/aromatic N) is 3. The van der Waals surface area contributed by atoms with Gasteiger partial charge in [-0.2, -0.15) is 0 Å². The van der Waals surface area contributed by atoms with E-state index in [1.54, 1.807) is 14.0 Å². The number of carbonyl (C=O) groups excluding carboxylic acids is 1.